The molecule has 1 saturated carbocycles. The third-order valence-electron chi connectivity index (χ3n) is 5.46. The first-order valence-corrected chi connectivity index (χ1v) is 7.99. The van der Waals surface area contributed by atoms with Gasteiger partial charge in [-0.1, -0.05) is 37.3 Å². The summed E-state index contributed by atoms with van der Waals surface area (Å²) in [6, 6.07) is 11.7. The lowest BCUT2D eigenvalue weighted by molar-refractivity contribution is 0.0579. The lowest BCUT2D eigenvalue weighted by Gasteiger charge is -2.46. The van der Waals surface area contributed by atoms with E-state index in [4.69, 9.17) is 5.73 Å². The maximum Gasteiger partial charge on any atom is 0.0255 e. The minimum absolute atomic E-state index is 0.223. The van der Waals surface area contributed by atoms with Crippen LogP contribution in [0.25, 0.3) is 0 Å². The molecule has 0 heterocycles. The monoisotopic (exact) mass is 274 g/mol. The van der Waals surface area contributed by atoms with Crippen molar-refractivity contribution in [1.82, 2.24) is 4.90 Å². The van der Waals surface area contributed by atoms with Crippen LogP contribution in [-0.2, 0) is 0 Å². The molecule has 0 saturated heterocycles. The van der Waals surface area contributed by atoms with Gasteiger partial charge in [0.2, 0.25) is 0 Å². The van der Waals surface area contributed by atoms with Crippen molar-refractivity contribution < 1.29 is 0 Å². The van der Waals surface area contributed by atoms with E-state index in [9.17, 15) is 0 Å². The molecular formula is C18H30N2. The maximum absolute atomic E-state index is 6.43. The molecule has 1 fully saturated rings. The van der Waals surface area contributed by atoms with Crippen LogP contribution in [0, 0.1) is 0 Å². The maximum atomic E-state index is 6.43. The minimum atomic E-state index is 0.223. The molecule has 0 aliphatic heterocycles. The summed E-state index contributed by atoms with van der Waals surface area (Å²) in [4.78, 5) is 2.52. The molecule has 0 spiro atoms. The van der Waals surface area contributed by atoms with Crippen molar-refractivity contribution in [3.63, 3.8) is 0 Å². The van der Waals surface area contributed by atoms with Crippen LogP contribution in [-0.4, -0.2) is 29.6 Å². The Bertz CT molecular complexity index is 413. The summed E-state index contributed by atoms with van der Waals surface area (Å²) in [7, 11) is 2.25. The molecular weight excluding hydrogens is 244 g/mol. The van der Waals surface area contributed by atoms with Gasteiger partial charge in [0.25, 0.3) is 0 Å². The highest BCUT2D eigenvalue weighted by atomic mass is 15.2. The van der Waals surface area contributed by atoms with Crippen molar-refractivity contribution in [2.24, 2.45) is 5.73 Å². The Hall–Kier alpha value is -0.860. The van der Waals surface area contributed by atoms with Gasteiger partial charge in [0.1, 0.15) is 0 Å². The van der Waals surface area contributed by atoms with E-state index in [2.05, 4.69) is 63.1 Å². The molecule has 2 nitrogen and oxygen atoms in total. The molecule has 2 heteroatoms. The fourth-order valence-electron chi connectivity index (χ4n) is 3.34. The van der Waals surface area contributed by atoms with Gasteiger partial charge in [0.05, 0.1) is 0 Å². The number of rotatable bonds is 4. The van der Waals surface area contributed by atoms with Crippen molar-refractivity contribution in [1.29, 1.82) is 0 Å². The summed E-state index contributed by atoms with van der Waals surface area (Å²) in [5, 5.41) is 0. The number of likely N-dealkylation sites (N-methyl/N-ethyl adjacent to an activating group) is 1. The molecule has 0 aromatic heterocycles. The minimum Gasteiger partial charge on any atom is -0.326 e. The Morgan fingerprint density at radius 3 is 2.45 bits per heavy atom. The highest BCUT2D eigenvalue weighted by molar-refractivity contribution is 5.21. The first-order valence-electron chi connectivity index (χ1n) is 7.99. The topological polar surface area (TPSA) is 29.3 Å². The number of nitrogens with zero attached hydrogens (tertiary/aromatic N) is 1. The Labute approximate surface area is 124 Å². The van der Waals surface area contributed by atoms with E-state index < -0.39 is 0 Å². The van der Waals surface area contributed by atoms with Gasteiger partial charge in [-0.3, -0.25) is 4.90 Å². The third kappa shape index (κ3) is 3.24. The van der Waals surface area contributed by atoms with Crippen LogP contribution in [0.5, 0.6) is 0 Å². The van der Waals surface area contributed by atoms with Crippen LogP contribution in [0.1, 0.15) is 57.9 Å². The van der Waals surface area contributed by atoms with Crippen molar-refractivity contribution in [3.8, 4) is 0 Å². The first kappa shape index (κ1) is 15.5. The van der Waals surface area contributed by atoms with Crippen LogP contribution in [0.2, 0.25) is 0 Å². The lowest BCUT2D eigenvalue weighted by Crippen LogP contribution is -2.56. The summed E-state index contributed by atoms with van der Waals surface area (Å²) in [6.07, 6.45) is 4.70. The van der Waals surface area contributed by atoms with Gasteiger partial charge in [-0.25, -0.2) is 0 Å². The molecule has 3 unspecified atom stereocenters. The van der Waals surface area contributed by atoms with Crippen LogP contribution in [0.3, 0.4) is 0 Å². The highest BCUT2D eigenvalue weighted by Gasteiger charge is 2.36. The zero-order valence-corrected chi connectivity index (χ0v) is 13.5. The molecule has 3 atom stereocenters. The summed E-state index contributed by atoms with van der Waals surface area (Å²) < 4.78 is 0. The van der Waals surface area contributed by atoms with E-state index in [-0.39, 0.29) is 5.54 Å². The van der Waals surface area contributed by atoms with Crippen LogP contribution >= 0.6 is 0 Å². The summed E-state index contributed by atoms with van der Waals surface area (Å²) in [5.74, 6) is 0.663. The van der Waals surface area contributed by atoms with Gasteiger partial charge in [-0.05, 0) is 58.1 Å². The normalized spacial score (nSPS) is 27.8. The molecule has 0 bridgehead atoms. The number of nitrogens with two attached hydrogens (primary N) is 1. The SMILES string of the molecule is CCC(C)(C)N(C)C1CC(c2ccccc2)CCC1N. The van der Waals surface area contributed by atoms with Crippen LogP contribution in [0.15, 0.2) is 30.3 Å². The van der Waals surface area contributed by atoms with Gasteiger partial charge >= 0.3 is 0 Å². The second-order valence-corrected chi connectivity index (χ2v) is 6.93. The molecule has 1 aromatic rings. The molecule has 1 aromatic carbocycles. The molecule has 0 radical (unpaired) electrons. The third-order valence-corrected chi connectivity index (χ3v) is 5.46. The fourth-order valence-corrected chi connectivity index (χ4v) is 3.34. The Morgan fingerprint density at radius 1 is 1.20 bits per heavy atom. The predicted octanol–water partition coefficient (Wildman–Crippen LogP) is 3.77. The average Bonchev–Trinajstić information content (AvgIpc) is 2.48. The molecule has 2 N–H and O–H groups in total. The van der Waals surface area contributed by atoms with Gasteiger partial charge in [0.15, 0.2) is 0 Å². The number of hydrogen-bond donors (Lipinski definition) is 1. The molecule has 1 aliphatic carbocycles. The van der Waals surface area contributed by atoms with E-state index in [1.54, 1.807) is 0 Å². The zero-order valence-electron chi connectivity index (χ0n) is 13.5. The van der Waals surface area contributed by atoms with E-state index in [0.29, 0.717) is 18.0 Å². The first-order chi connectivity index (χ1) is 9.45. The Balaban J connectivity index is 2.13. The highest BCUT2D eigenvalue weighted by Crippen LogP contribution is 2.36. The fraction of sp³-hybridized carbons (Fsp3) is 0.667. The summed E-state index contributed by atoms with van der Waals surface area (Å²) in [6.45, 7) is 6.91. The van der Waals surface area contributed by atoms with E-state index in [1.165, 1.54) is 18.4 Å². The second kappa shape index (κ2) is 6.28. The van der Waals surface area contributed by atoms with Gasteiger partial charge in [0, 0.05) is 17.6 Å². The second-order valence-electron chi connectivity index (χ2n) is 6.93. The van der Waals surface area contributed by atoms with Crippen molar-refractivity contribution in [2.45, 2.75) is 70.0 Å². The number of benzene rings is 1. The predicted molar refractivity (Wildman–Crippen MR) is 86.9 cm³/mol. The van der Waals surface area contributed by atoms with Gasteiger partial charge in [-0.15, -0.1) is 0 Å². The molecule has 112 valence electrons. The van der Waals surface area contributed by atoms with Gasteiger partial charge < -0.3 is 5.73 Å². The summed E-state index contributed by atoms with van der Waals surface area (Å²) in [5.41, 5.74) is 8.13. The molecule has 1 aliphatic rings. The van der Waals surface area contributed by atoms with Crippen LogP contribution in [0.4, 0.5) is 0 Å². The van der Waals surface area contributed by atoms with Crippen molar-refractivity contribution in [3.05, 3.63) is 35.9 Å². The molecule has 20 heavy (non-hydrogen) atoms. The largest absolute Gasteiger partial charge is 0.326 e. The van der Waals surface area contributed by atoms with E-state index in [0.717, 1.165) is 12.8 Å². The zero-order chi connectivity index (χ0) is 14.8. The summed E-state index contributed by atoms with van der Waals surface area (Å²) >= 11 is 0. The van der Waals surface area contributed by atoms with E-state index >= 15 is 0 Å². The quantitative estimate of drug-likeness (QED) is 0.905. The Morgan fingerprint density at radius 2 is 1.85 bits per heavy atom. The van der Waals surface area contributed by atoms with Crippen LogP contribution < -0.4 is 5.73 Å². The van der Waals surface area contributed by atoms with Crippen molar-refractivity contribution in [2.75, 3.05) is 7.05 Å². The van der Waals surface area contributed by atoms with Crippen molar-refractivity contribution >= 4 is 0 Å². The van der Waals surface area contributed by atoms with Gasteiger partial charge in [-0.2, -0.15) is 0 Å². The lowest BCUT2D eigenvalue weighted by atomic mass is 9.77. The average molecular weight is 274 g/mol. The smallest absolute Gasteiger partial charge is 0.0255 e. The molecule has 0 amide bonds. The molecule has 2 rings (SSSR count). The Kier molecular flexibility index (Phi) is 4.87. The number of hydrogen-bond acceptors (Lipinski definition) is 2. The standard InChI is InChI=1S/C18H30N2/c1-5-18(2,3)20(4)17-13-15(11-12-16(17)19)14-9-7-6-8-10-14/h6-10,15-17H,5,11-13,19H2,1-4H3. The van der Waals surface area contributed by atoms with E-state index in [1.807, 2.05) is 0 Å².